The maximum absolute atomic E-state index is 5.60. The first kappa shape index (κ1) is 15.3. The normalized spacial score (nSPS) is 12.3. The molecule has 3 nitrogen and oxygen atoms in total. The zero-order valence-electron chi connectivity index (χ0n) is 12.9. The van der Waals surface area contributed by atoms with Crippen molar-refractivity contribution in [3.05, 3.63) is 87.8 Å². The minimum Gasteiger partial charge on any atom is -0.444 e. The number of hydrogen-bond acceptors (Lipinski definition) is 5. The van der Waals surface area contributed by atoms with Gasteiger partial charge in [0.1, 0.15) is 6.26 Å². The standard InChI is InChI=1S/C19H16N2OS2/c1-2-6-14(7-3-1)18(16-8-4-10-23-16)20-12-15-13-22-19(21-15)17-9-5-11-24-17/h1-11,13,18,20H,12H2/t18-/m0/s1. The van der Waals surface area contributed by atoms with E-state index in [1.807, 2.05) is 23.6 Å². The smallest absolute Gasteiger partial charge is 0.236 e. The Labute approximate surface area is 148 Å². The molecule has 3 aromatic heterocycles. The zero-order valence-corrected chi connectivity index (χ0v) is 14.5. The predicted octanol–water partition coefficient (Wildman–Crippen LogP) is 5.34. The lowest BCUT2D eigenvalue weighted by Gasteiger charge is -2.17. The van der Waals surface area contributed by atoms with Crippen LogP contribution >= 0.6 is 22.7 Å². The Hall–Kier alpha value is -2.21. The number of thiophene rings is 2. The van der Waals surface area contributed by atoms with Gasteiger partial charge in [-0.2, -0.15) is 0 Å². The lowest BCUT2D eigenvalue weighted by atomic mass is 10.1. The molecule has 24 heavy (non-hydrogen) atoms. The Kier molecular flexibility index (Phi) is 4.55. The Balaban J connectivity index is 1.52. The van der Waals surface area contributed by atoms with Gasteiger partial charge in [0.2, 0.25) is 5.89 Å². The van der Waals surface area contributed by atoms with Gasteiger partial charge in [0.25, 0.3) is 0 Å². The molecule has 5 heteroatoms. The first-order chi connectivity index (χ1) is 11.9. The molecule has 0 bridgehead atoms. The second-order valence-electron chi connectivity index (χ2n) is 5.36. The van der Waals surface area contributed by atoms with E-state index in [0.29, 0.717) is 12.4 Å². The molecule has 3 heterocycles. The number of benzene rings is 1. The lowest BCUT2D eigenvalue weighted by Crippen LogP contribution is -2.21. The monoisotopic (exact) mass is 352 g/mol. The summed E-state index contributed by atoms with van der Waals surface area (Å²) >= 11 is 3.39. The fraction of sp³-hybridized carbons (Fsp3) is 0.105. The van der Waals surface area contributed by atoms with E-state index in [-0.39, 0.29) is 6.04 Å². The average Bonchev–Trinajstić information content (AvgIpc) is 3.38. The zero-order chi connectivity index (χ0) is 16.2. The van der Waals surface area contributed by atoms with E-state index in [9.17, 15) is 0 Å². The SMILES string of the molecule is c1ccc([C@H](NCc2coc(-c3cccs3)n2)c2cccs2)cc1. The van der Waals surface area contributed by atoms with Crippen molar-refractivity contribution in [2.75, 3.05) is 0 Å². The van der Waals surface area contributed by atoms with E-state index >= 15 is 0 Å². The van der Waals surface area contributed by atoms with E-state index in [1.165, 1.54) is 10.4 Å². The molecule has 0 aliphatic rings. The second-order valence-corrected chi connectivity index (χ2v) is 7.29. The molecule has 0 spiro atoms. The quantitative estimate of drug-likeness (QED) is 0.509. The first-order valence-corrected chi connectivity index (χ1v) is 9.46. The van der Waals surface area contributed by atoms with Crippen LogP contribution in [-0.2, 0) is 6.54 Å². The van der Waals surface area contributed by atoms with Crippen molar-refractivity contribution in [2.45, 2.75) is 12.6 Å². The molecule has 0 unspecified atom stereocenters. The molecule has 0 saturated carbocycles. The van der Waals surface area contributed by atoms with Gasteiger partial charge in [-0.1, -0.05) is 42.5 Å². The van der Waals surface area contributed by atoms with E-state index in [4.69, 9.17) is 4.42 Å². The Morgan fingerprint density at radius 2 is 1.79 bits per heavy atom. The number of nitrogens with zero attached hydrogens (tertiary/aromatic N) is 1. The number of hydrogen-bond donors (Lipinski definition) is 1. The molecule has 120 valence electrons. The summed E-state index contributed by atoms with van der Waals surface area (Å²) in [7, 11) is 0. The van der Waals surface area contributed by atoms with Crippen LogP contribution in [0.1, 0.15) is 22.2 Å². The highest BCUT2D eigenvalue weighted by atomic mass is 32.1. The average molecular weight is 352 g/mol. The van der Waals surface area contributed by atoms with Crippen LogP contribution < -0.4 is 5.32 Å². The molecule has 4 aromatic rings. The van der Waals surface area contributed by atoms with Gasteiger partial charge in [0, 0.05) is 11.4 Å². The van der Waals surface area contributed by atoms with Crippen LogP contribution in [0.25, 0.3) is 10.8 Å². The molecule has 0 amide bonds. The summed E-state index contributed by atoms with van der Waals surface area (Å²) in [4.78, 5) is 6.93. The number of rotatable bonds is 6. The first-order valence-electron chi connectivity index (χ1n) is 7.70. The van der Waals surface area contributed by atoms with Crippen molar-refractivity contribution in [3.63, 3.8) is 0 Å². The minimum absolute atomic E-state index is 0.160. The Morgan fingerprint density at radius 3 is 2.54 bits per heavy atom. The lowest BCUT2D eigenvalue weighted by molar-refractivity contribution is 0.566. The maximum atomic E-state index is 5.60. The molecule has 0 radical (unpaired) electrons. The van der Waals surface area contributed by atoms with Crippen molar-refractivity contribution < 1.29 is 4.42 Å². The Bertz CT molecular complexity index is 867. The van der Waals surface area contributed by atoms with Crippen LogP contribution in [0.15, 0.2) is 76.0 Å². The van der Waals surface area contributed by atoms with Crippen LogP contribution in [0.4, 0.5) is 0 Å². The van der Waals surface area contributed by atoms with E-state index in [1.54, 1.807) is 28.9 Å². The molecule has 1 N–H and O–H groups in total. The topological polar surface area (TPSA) is 38.1 Å². The van der Waals surface area contributed by atoms with Gasteiger partial charge in [-0.05, 0) is 28.5 Å². The third-order valence-corrected chi connectivity index (χ3v) is 5.53. The van der Waals surface area contributed by atoms with Crippen molar-refractivity contribution in [1.82, 2.24) is 10.3 Å². The molecule has 4 rings (SSSR count). The van der Waals surface area contributed by atoms with E-state index < -0.39 is 0 Å². The summed E-state index contributed by atoms with van der Waals surface area (Å²) in [6.45, 7) is 0.659. The van der Waals surface area contributed by atoms with Crippen LogP contribution in [0.5, 0.6) is 0 Å². The van der Waals surface area contributed by atoms with Gasteiger partial charge in [-0.25, -0.2) is 4.98 Å². The molecular weight excluding hydrogens is 336 g/mol. The number of nitrogens with one attached hydrogen (secondary N) is 1. The molecule has 0 aliphatic carbocycles. The highest BCUT2D eigenvalue weighted by molar-refractivity contribution is 7.13. The fourth-order valence-corrected chi connectivity index (χ4v) is 4.07. The van der Waals surface area contributed by atoms with Gasteiger partial charge < -0.3 is 4.42 Å². The summed E-state index contributed by atoms with van der Waals surface area (Å²) in [6.07, 6.45) is 1.73. The number of aromatic nitrogens is 1. The van der Waals surface area contributed by atoms with Crippen LogP contribution in [0.3, 0.4) is 0 Å². The van der Waals surface area contributed by atoms with Crippen molar-refractivity contribution in [1.29, 1.82) is 0 Å². The van der Waals surface area contributed by atoms with Crippen LogP contribution in [0.2, 0.25) is 0 Å². The van der Waals surface area contributed by atoms with Crippen molar-refractivity contribution >= 4 is 22.7 Å². The summed E-state index contributed by atoms with van der Waals surface area (Å²) < 4.78 is 5.60. The maximum Gasteiger partial charge on any atom is 0.236 e. The molecule has 0 saturated heterocycles. The van der Waals surface area contributed by atoms with Crippen LogP contribution in [0, 0.1) is 0 Å². The molecule has 1 atom stereocenters. The summed E-state index contributed by atoms with van der Waals surface area (Å²) in [5, 5.41) is 7.74. The predicted molar refractivity (Wildman–Crippen MR) is 99.3 cm³/mol. The fourth-order valence-electron chi connectivity index (χ4n) is 2.59. The largest absolute Gasteiger partial charge is 0.444 e. The van der Waals surface area contributed by atoms with Crippen molar-refractivity contribution in [2.24, 2.45) is 0 Å². The van der Waals surface area contributed by atoms with Gasteiger partial charge in [0.05, 0.1) is 16.6 Å². The van der Waals surface area contributed by atoms with Gasteiger partial charge >= 0.3 is 0 Å². The second kappa shape index (κ2) is 7.13. The van der Waals surface area contributed by atoms with E-state index in [0.717, 1.165) is 10.6 Å². The summed E-state index contributed by atoms with van der Waals surface area (Å²) in [6, 6.07) is 18.9. The third kappa shape index (κ3) is 3.33. The van der Waals surface area contributed by atoms with Gasteiger partial charge in [-0.15, -0.1) is 22.7 Å². The number of oxazole rings is 1. The molecular formula is C19H16N2OS2. The highest BCUT2D eigenvalue weighted by Gasteiger charge is 2.15. The summed E-state index contributed by atoms with van der Waals surface area (Å²) in [5.74, 6) is 0.689. The van der Waals surface area contributed by atoms with Gasteiger partial charge in [-0.3, -0.25) is 5.32 Å². The third-order valence-electron chi connectivity index (χ3n) is 3.73. The molecule has 0 fully saturated rings. The van der Waals surface area contributed by atoms with Crippen LogP contribution in [-0.4, -0.2) is 4.98 Å². The molecule has 1 aromatic carbocycles. The highest BCUT2D eigenvalue weighted by Crippen LogP contribution is 2.27. The summed E-state index contributed by atoms with van der Waals surface area (Å²) in [5.41, 5.74) is 2.16. The molecule has 0 aliphatic heterocycles. The van der Waals surface area contributed by atoms with Crippen molar-refractivity contribution in [3.8, 4) is 10.8 Å². The minimum atomic E-state index is 0.160. The van der Waals surface area contributed by atoms with Gasteiger partial charge in [0.15, 0.2) is 0 Å². The Morgan fingerprint density at radius 1 is 0.958 bits per heavy atom. The van der Waals surface area contributed by atoms with E-state index in [2.05, 4.69) is 52.1 Å².